The minimum absolute atomic E-state index is 0.288. The molecular weight excluding hydrogens is 218 g/mol. The molecule has 0 unspecified atom stereocenters. The first-order valence-electron chi connectivity index (χ1n) is 4.71. The van der Waals surface area contributed by atoms with Gasteiger partial charge < -0.3 is 26.2 Å². The summed E-state index contributed by atoms with van der Waals surface area (Å²) >= 11 is 0. The fourth-order valence-corrected chi connectivity index (χ4v) is 1.43. The van der Waals surface area contributed by atoms with Crippen LogP contribution in [0.1, 0.15) is 6.42 Å². The van der Waals surface area contributed by atoms with Crippen LogP contribution < -0.4 is 16.0 Å². The molecule has 0 aromatic heterocycles. The van der Waals surface area contributed by atoms with E-state index in [-0.39, 0.29) is 12.5 Å². The van der Waals surface area contributed by atoms with Gasteiger partial charge in [0.05, 0.1) is 0 Å². The summed E-state index contributed by atoms with van der Waals surface area (Å²) < 4.78 is 0. The van der Waals surface area contributed by atoms with E-state index < -0.39 is 30.6 Å². The Bertz CT molecular complexity index is 306. The second-order valence-electron chi connectivity index (χ2n) is 3.45. The van der Waals surface area contributed by atoms with Crippen LogP contribution in [0.25, 0.3) is 0 Å². The van der Waals surface area contributed by atoms with Gasteiger partial charge in [0, 0.05) is 12.6 Å². The minimum atomic E-state index is -1.14. The summed E-state index contributed by atoms with van der Waals surface area (Å²) in [7, 11) is 0. The van der Waals surface area contributed by atoms with Crippen LogP contribution in [0.15, 0.2) is 0 Å². The number of carbonyl (C=O) groups is 3. The maximum atomic E-state index is 11.1. The monoisotopic (exact) mass is 231 g/mol. The van der Waals surface area contributed by atoms with E-state index in [1.807, 2.05) is 0 Å². The van der Waals surface area contributed by atoms with Gasteiger partial charge in [-0.1, -0.05) is 0 Å². The Kier molecular flexibility index (Phi) is 4.06. The predicted molar refractivity (Wildman–Crippen MR) is 52.0 cm³/mol. The SMILES string of the molecule is O=C(O)CNC(=O)N[C@@H]1CN[C@H](C(=O)O)C1. The molecule has 16 heavy (non-hydrogen) atoms. The third-order valence-electron chi connectivity index (χ3n) is 2.16. The topological polar surface area (TPSA) is 128 Å². The standard InChI is InChI=1S/C8H13N3O5/c12-6(13)3-10-8(16)11-4-1-5(7(14)15)9-2-4/h4-5,9H,1-3H2,(H,12,13)(H,14,15)(H2,10,11,16)/t4-,5-/m0/s1. The molecule has 1 saturated heterocycles. The molecule has 8 heteroatoms. The summed E-state index contributed by atoms with van der Waals surface area (Å²) in [5.41, 5.74) is 0. The van der Waals surface area contributed by atoms with Crippen LogP contribution in [0.2, 0.25) is 0 Å². The van der Waals surface area contributed by atoms with Crippen molar-refractivity contribution in [3.63, 3.8) is 0 Å². The number of hydrogen-bond acceptors (Lipinski definition) is 4. The summed E-state index contributed by atoms with van der Waals surface area (Å²) in [4.78, 5) is 31.8. The van der Waals surface area contributed by atoms with Crippen molar-refractivity contribution in [2.45, 2.75) is 18.5 Å². The number of urea groups is 1. The Morgan fingerprint density at radius 2 is 2.00 bits per heavy atom. The Morgan fingerprint density at radius 3 is 2.50 bits per heavy atom. The molecular formula is C8H13N3O5. The number of carbonyl (C=O) groups excluding carboxylic acids is 1. The van der Waals surface area contributed by atoms with Gasteiger partial charge in [-0.05, 0) is 6.42 Å². The zero-order valence-electron chi connectivity index (χ0n) is 8.40. The molecule has 2 atom stereocenters. The van der Waals surface area contributed by atoms with Crippen LogP contribution in [0, 0.1) is 0 Å². The number of carboxylic acids is 2. The normalized spacial score (nSPS) is 23.8. The highest BCUT2D eigenvalue weighted by atomic mass is 16.4. The van der Waals surface area contributed by atoms with Crippen molar-refractivity contribution in [1.82, 2.24) is 16.0 Å². The van der Waals surface area contributed by atoms with Gasteiger partial charge in [0.15, 0.2) is 0 Å². The first-order valence-corrected chi connectivity index (χ1v) is 4.71. The summed E-state index contributed by atoms with van der Waals surface area (Å²) in [5.74, 6) is -2.10. The van der Waals surface area contributed by atoms with Crippen molar-refractivity contribution < 1.29 is 24.6 Å². The van der Waals surface area contributed by atoms with Gasteiger partial charge in [-0.15, -0.1) is 0 Å². The van der Waals surface area contributed by atoms with Gasteiger partial charge in [-0.25, -0.2) is 4.79 Å². The van der Waals surface area contributed by atoms with Gasteiger partial charge in [0.25, 0.3) is 0 Å². The van der Waals surface area contributed by atoms with E-state index in [1.54, 1.807) is 0 Å². The molecule has 0 radical (unpaired) electrons. The lowest BCUT2D eigenvalue weighted by molar-refractivity contribution is -0.139. The van der Waals surface area contributed by atoms with E-state index in [9.17, 15) is 14.4 Å². The van der Waals surface area contributed by atoms with Crippen LogP contribution >= 0.6 is 0 Å². The highest BCUT2D eigenvalue weighted by molar-refractivity contribution is 5.80. The van der Waals surface area contributed by atoms with E-state index >= 15 is 0 Å². The average Bonchev–Trinajstić information content (AvgIpc) is 2.63. The van der Waals surface area contributed by atoms with E-state index in [1.165, 1.54) is 0 Å². The molecule has 1 aliphatic heterocycles. The van der Waals surface area contributed by atoms with Crippen molar-refractivity contribution in [2.75, 3.05) is 13.1 Å². The van der Waals surface area contributed by atoms with Crippen molar-refractivity contribution in [1.29, 1.82) is 0 Å². The fraction of sp³-hybridized carbons (Fsp3) is 0.625. The first kappa shape index (κ1) is 12.2. The van der Waals surface area contributed by atoms with Crippen molar-refractivity contribution in [3.05, 3.63) is 0 Å². The Balaban J connectivity index is 2.26. The van der Waals surface area contributed by atoms with Crippen LogP contribution in [0.4, 0.5) is 4.79 Å². The van der Waals surface area contributed by atoms with Gasteiger partial charge >= 0.3 is 18.0 Å². The third-order valence-corrected chi connectivity index (χ3v) is 2.16. The van der Waals surface area contributed by atoms with Gasteiger partial charge in [-0.3, -0.25) is 9.59 Å². The molecule has 1 aliphatic rings. The lowest BCUT2D eigenvalue weighted by Crippen LogP contribution is -2.44. The van der Waals surface area contributed by atoms with Crippen molar-refractivity contribution in [3.8, 4) is 0 Å². The zero-order chi connectivity index (χ0) is 12.1. The number of nitrogens with one attached hydrogen (secondary N) is 3. The van der Waals surface area contributed by atoms with Crippen LogP contribution in [-0.4, -0.2) is 53.4 Å². The molecule has 0 aromatic rings. The van der Waals surface area contributed by atoms with Crippen LogP contribution in [0.5, 0.6) is 0 Å². The molecule has 1 fully saturated rings. The predicted octanol–water partition coefficient (Wildman–Crippen LogP) is -1.81. The lowest BCUT2D eigenvalue weighted by Gasteiger charge is -2.11. The molecule has 1 rings (SSSR count). The summed E-state index contributed by atoms with van der Waals surface area (Å²) in [6, 6.07) is -1.57. The quantitative estimate of drug-likeness (QED) is 0.388. The van der Waals surface area contributed by atoms with Crippen molar-refractivity contribution in [2.24, 2.45) is 0 Å². The molecule has 2 amide bonds. The number of hydrogen-bond donors (Lipinski definition) is 5. The molecule has 1 heterocycles. The number of amides is 2. The molecule has 0 aromatic carbocycles. The molecule has 0 aliphatic carbocycles. The Hall–Kier alpha value is -1.83. The molecule has 8 nitrogen and oxygen atoms in total. The highest BCUT2D eigenvalue weighted by Crippen LogP contribution is 2.06. The first-order chi connectivity index (χ1) is 7.49. The molecule has 5 N–H and O–H groups in total. The maximum Gasteiger partial charge on any atom is 0.323 e. The van der Waals surface area contributed by atoms with E-state index in [4.69, 9.17) is 10.2 Å². The zero-order valence-corrected chi connectivity index (χ0v) is 8.40. The largest absolute Gasteiger partial charge is 0.480 e. The van der Waals surface area contributed by atoms with Gasteiger partial charge in [0.1, 0.15) is 12.6 Å². The van der Waals surface area contributed by atoms with E-state index in [2.05, 4.69) is 16.0 Å². The maximum absolute atomic E-state index is 11.1. The summed E-state index contributed by atoms with van der Waals surface area (Å²) in [6.45, 7) is -0.105. The minimum Gasteiger partial charge on any atom is -0.480 e. The Labute approximate surface area is 91.0 Å². The van der Waals surface area contributed by atoms with E-state index in [0.717, 1.165) is 0 Å². The van der Waals surface area contributed by atoms with Crippen molar-refractivity contribution >= 4 is 18.0 Å². The highest BCUT2D eigenvalue weighted by Gasteiger charge is 2.29. The van der Waals surface area contributed by atoms with Gasteiger partial charge in [-0.2, -0.15) is 0 Å². The average molecular weight is 231 g/mol. The number of carboxylic acid groups (broad SMARTS) is 2. The Morgan fingerprint density at radius 1 is 1.31 bits per heavy atom. The van der Waals surface area contributed by atoms with Crippen LogP contribution in [-0.2, 0) is 9.59 Å². The second kappa shape index (κ2) is 5.31. The second-order valence-corrected chi connectivity index (χ2v) is 3.45. The summed E-state index contributed by atoms with van der Waals surface area (Å²) in [6.07, 6.45) is 0.288. The summed E-state index contributed by atoms with van der Waals surface area (Å²) in [5, 5.41) is 24.3. The molecule has 90 valence electrons. The molecule has 0 saturated carbocycles. The fourth-order valence-electron chi connectivity index (χ4n) is 1.43. The van der Waals surface area contributed by atoms with Gasteiger partial charge in [0.2, 0.25) is 0 Å². The molecule has 0 spiro atoms. The number of aliphatic carboxylic acids is 2. The molecule has 0 bridgehead atoms. The van der Waals surface area contributed by atoms with Crippen LogP contribution in [0.3, 0.4) is 0 Å². The number of rotatable bonds is 4. The smallest absolute Gasteiger partial charge is 0.323 e. The third kappa shape index (κ3) is 3.73. The lowest BCUT2D eigenvalue weighted by atomic mass is 10.2. The van der Waals surface area contributed by atoms with E-state index in [0.29, 0.717) is 6.54 Å².